The second-order valence-corrected chi connectivity index (χ2v) is 5.46. The van der Waals surface area contributed by atoms with Gasteiger partial charge < -0.3 is 5.32 Å². The first kappa shape index (κ1) is 13.0. The second-order valence-electron chi connectivity index (χ2n) is 4.89. The molecule has 0 aromatic heterocycles. The number of hydrogen-bond acceptors (Lipinski definition) is 1. The van der Waals surface area contributed by atoms with Crippen molar-refractivity contribution in [2.45, 2.75) is 57.9 Å². The van der Waals surface area contributed by atoms with Gasteiger partial charge in [0.15, 0.2) is 0 Å². The van der Waals surface area contributed by atoms with E-state index >= 15 is 0 Å². The maximum absolute atomic E-state index is 11.6. The minimum atomic E-state index is 0.0404. The number of amides is 1. The van der Waals surface area contributed by atoms with E-state index in [1.165, 1.54) is 12.8 Å². The highest BCUT2D eigenvalue weighted by molar-refractivity contribution is 9.09. The highest BCUT2D eigenvalue weighted by Crippen LogP contribution is 2.33. The molecule has 0 aromatic rings. The van der Waals surface area contributed by atoms with Gasteiger partial charge in [-0.1, -0.05) is 29.8 Å². The van der Waals surface area contributed by atoms with Crippen molar-refractivity contribution in [3.05, 3.63) is 0 Å². The van der Waals surface area contributed by atoms with Crippen molar-refractivity contribution in [1.82, 2.24) is 5.32 Å². The smallest absolute Gasteiger partial charge is 0.220 e. The fourth-order valence-electron chi connectivity index (χ4n) is 2.19. The van der Waals surface area contributed by atoms with Gasteiger partial charge in [-0.05, 0) is 38.0 Å². The third kappa shape index (κ3) is 3.78. The summed E-state index contributed by atoms with van der Waals surface area (Å²) in [4.78, 5) is 11.6. The molecule has 0 aliphatic heterocycles. The molecule has 0 atom stereocenters. The fraction of sp³-hybridized carbons (Fsp3) is 0.917. The van der Waals surface area contributed by atoms with E-state index in [2.05, 4.69) is 28.2 Å². The molecule has 15 heavy (non-hydrogen) atoms. The lowest BCUT2D eigenvalue weighted by atomic mass is 9.78. The van der Waals surface area contributed by atoms with Gasteiger partial charge in [0.25, 0.3) is 0 Å². The Hall–Kier alpha value is -0.0500. The summed E-state index contributed by atoms with van der Waals surface area (Å²) in [6, 6.07) is 0. The van der Waals surface area contributed by atoms with E-state index in [0.717, 1.165) is 30.5 Å². The predicted molar refractivity (Wildman–Crippen MR) is 67.2 cm³/mol. The van der Waals surface area contributed by atoms with Gasteiger partial charge in [-0.2, -0.15) is 0 Å². The Morgan fingerprint density at radius 2 is 2.07 bits per heavy atom. The van der Waals surface area contributed by atoms with Crippen LogP contribution < -0.4 is 5.32 Å². The Labute approximate surface area is 101 Å². The lowest BCUT2D eigenvalue weighted by Crippen LogP contribution is -2.51. The Morgan fingerprint density at radius 3 is 2.53 bits per heavy atom. The van der Waals surface area contributed by atoms with E-state index in [1.54, 1.807) is 0 Å². The number of rotatable bonds is 4. The molecule has 0 aromatic carbocycles. The number of halogens is 1. The Balaban J connectivity index is 2.49. The summed E-state index contributed by atoms with van der Waals surface area (Å²) < 4.78 is 0. The summed E-state index contributed by atoms with van der Waals surface area (Å²) in [6.45, 7) is 4.34. The summed E-state index contributed by atoms with van der Waals surface area (Å²) in [5.74, 6) is 1.03. The van der Waals surface area contributed by atoms with Crippen LogP contribution >= 0.6 is 15.9 Å². The minimum absolute atomic E-state index is 0.0404. The van der Waals surface area contributed by atoms with E-state index in [-0.39, 0.29) is 11.4 Å². The van der Waals surface area contributed by atoms with E-state index < -0.39 is 0 Å². The Kier molecular flexibility index (Phi) is 5.10. The van der Waals surface area contributed by atoms with Gasteiger partial charge in [-0.15, -0.1) is 0 Å². The zero-order chi connectivity index (χ0) is 11.3. The molecule has 0 unspecified atom stereocenters. The number of hydrogen-bond donors (Lipinski definition) is 1. The molecule has 2 nitrogen and oxygen atoms in total. The Bertz CT molecular complexity index is 210. The lowest BCUT2D eigenvalue weighted by Gasteiger charge is -2.39. The maximum atomic E-state index is 11.6. The van der Waals surface area contributed by atoms with Crippen LogP contribution in [0.3, 0.4) is 0 Å². The SMILES string of the molecule is CCCC(=O)NC1(CBr)CCC(C)CC1. The molecule has 0 heterocycles. The third-order valence-corrected chi connectivity index (χ3v) is 4.44. The van der Waals surface area contributed by atoms with Crippen LogP contribution in [-0.4, -0.2) is 16.8 Å². The molecule has 1 aliphatic carbocycles. The van der Waals surface area contributed by atoms with Crippen molar-refractivity contribution < 1.29 is 4.79 Å². The summed E-state index contributed by atoms with van der Waals surface area (Å²) in [6.07, 6.45) is 6.30. The van der Waals surface area contributed by atoms with Gasteiger partial charge in [-0.3, -0.25) is 4.79 Å². The number of alkyl halides is 1. The number of carbonyl (C=O) groups is 1. The molecular weight excluding hydrogens is 254 g/mol. The molecule has 1 rings (SSSR count). The van der Waals surface area contributed by atoms with Crippen molar-refractivity contribution in [2.24, 2.45) is 5.92 Å². The topological polar surface area (TPSA) is 29.1 Å². The average molecular weight is 276 g/mol. The van der Waals surface area contributed by atoms with Gasteiger partial charge in [0.1, 0.15) is 0 Å². The van der Waals surface area contributed by atoms with Crippen LogP contribution in [0, 0.1) is 5.92 Å². The number of nitrogens with one attached hydrogen (secondary N) is 1. The maximum Gasteiger partial charge on any atom is 0.220 e. The molecule has 1 fully saturated rings. The highest BCUT2D eigenvalue weighted by Gasteiger charge is 2.34. The van der Waals surface area contributed by atoms with E-state index in [1.807, 2.05) is 6.92 Å². The lowest BCUT2D eigenvalue weighted by molar-refractivity contribution is -0.123. The van der Waals surface area contributed by atoms with E-state index in [4.69, 9.17) is 0 Å². The van der Waals surface area contributed by atoms with Gasteiger partial charge in [0, 0.05) is 17.3 Å². The molecule has 1 N–H and O–H groups in total. The first-order valence-electron chi connectivity index (χ1n) is 5.99. The molecule has 1 aliphatic rings. The molecule has 1 amide bonds. The van der Waals surface area contributed by atoms with Crippen LogP contribution in [0.2, 0.25) is 0 Å². The average Bonchev–Trinajstić information content (AvgIpc) is 2.22. The molecule has 0 bridgehead atoms. The highest BCUT2D eigenvalue weighted by atomic mass is 79.9. The molecular formula is C12H22BrNO. The molecule has 0 spiro atoms. The summed E-state index contributed by atoms with van der Waals surface area (Å²) in [5, 5.41) is 4.11. The molecule has 88 valence electrons. The van der Waals surface area contributed by atoms with Crippen LogP contribution in [0.15, 0.2) is 0 Å². The van der Waals surface area contributed by atoms with Gasteiger partial charge >= 0.3 is 0 Å². The molecule has 3 heteroatoms. The monoisotopic (exact) mass is 275 g/mol. The third-order valence-electron chi connectivity index (χ3n) is 3.37. The van der Waals surface area contributed by atoms with Crippen LogP contribution in [0.5, 0.6) is 0 Å². The van der Waals surface area contributed by atoms with Crippen molar-refractivity contribution >= 4 is 21.8 Å². The van der Waals surface area contributed by atoms with Crippen molar-refractivity contribution in [1.29, 1.82) is 0 Å². The fourth-order valence-corrected chi connectivity index (χ4v) is 2.89. The molecule has 0 saturated heterocycles. The van der Waals surface area contributed by atoms with Crippen LogP contribution in [0.4, 0.5) is 0 Å². The standard InChI is InChI=1S/C12H22BrNO/c1-3-4-11(15)14-12(9-13)7-5-10(2)6-8-12/h10H,3-9H2,1-2H3,(H,14,15). The quantitative estimate of drug-likeness (QED) is 0.785. The summed E-state index contributed by atoms with van der Waals surface area (Å²) in [5.41, 5.74) is 0.0404. The van der Waals surface area contributed by atoms with Crippen LogP contribution in [0.25, 0.3) is 0 Å². The van der Waals surface area contributed by atoms with Crippen molar-refractivity contribution in [2.75, 3.05) is 5.33 Å². The van der Waals surface area contributed by atoms with Gasteiger partial charge in [0.05, 0.1) is 0 Å². The molecule has 1 saturated carbocycles. The second kappa shape index (κ2) is 5.88. The van der Waals surface area contributed by atoms with Gasteiger partial charge in [-0.25, -0.2) is 0 Å². The van der Waals surface area contributed by atoms with Crippen LogP contribution in [-0.2, 0) is 4.79 Å². The van der Waals surface area contributed by atoms with Crippen molar-refractivity contribution in [3.63, 3.8) is 0 Å². The summed E-state index contributed by atoms with van der Waals surface area (Å²) in [7, 11) is 0. The summed E-state index contributed by atoms with van der Waals surface area (Å²) >= 11 is 3.55. The van der Waals surface area contributed by atoms with Gasteiger partial charge in [0.2, 0.25) is 5.91 Å². The predicted octanol–water partition coefficient (Wildman–Crippen LogP) is 3.25. The first-order valence-corrected chi connectivity index (χ1v) is 7.11. The van der Waals surface area contributed by atoms with Crippen LogP contribution in [0.1, 0.15) is 52.4 Å². The van der Waals surface area contributed by atoms with Crippen molar-refractivity contribution in [3.8, 4) is 0 Å². The van der Waals surface area contributed by atoms with E-state index in [9.17, 15) is 4.79 Å². The zero-order valence-corrected chi connectivity index (χ0v) is 11.4. The number of carbonyl (C=O) groups excluding carboxylic acids is 1. The van der Waals surface area contributed by atoms with E-state index in [0.29, 0.717) is 6.42 Å². The zero-order valence-electron chi connectivity index (χ0n) is 9.81. The molecule has 0 radical (unpaired) electrons. The Morgan fingerprint density at radius 1 is 1.47 bits per heavy atom. The minimum Gasteiger partial charge on any atom is -0.350 e. The largest absolute Gasteiger partial charge is 0.350 e. The first-order chi connectivity index (χ1) is 7.12. The normalized spacial score (nSPS) is 31.3.